The summed E-state index contributed by atoms with van der Waals surface area (Å²) in [7, 11) is 0. The Morgan fingerprint density at radius 3 is 2.72 bits per heavy atom. The van der Waals surface area contributed by atoms with Crippen LogP contribution in [0.25, 0.3) is 0 Å². The van der Waals surface area contributed by atoms with Gasteiger partial charge in [-0.3, -0.25) is 0 Å². The average Bonchev–Trinajstić information content (AvgIpc) is 2.97. The molecular weight excluding hydrogens is 228 g/mol. The maximum atomic E-state index is 12.3. The Morgan fingerprint density at radius 2 is 2.17 bits per heavy atom. The molecule has 0 N–H and O–H groups in total. The Morgan fingerprint density at radius 1 is 1.39 bits per heavy atom. The summed E-state index contributed by atoms with van der Waals surface area (Å²) >= 11 is 0. The van der Waals surface area contributed by atoms with Crippen LogP contribution in [0.4, 0.5) is 4.79 Å². The molecule has 0 aromatic carbocycles. The first-order chi connectivity index (χ1) is 8.69. The second kappa shape index (κ2) is 5.16. The topological polar surface area (TPSA) is 52.7 Å². The molecule has 0 amide bonds. The molecule has 0 aliphatic heterocycles. The first-order valence-corrected chi connectivity index (χ1v) is 6.30. The van der Waals surface area contributed by atoms with Crippen molar-refractivity contribution in [1.29, 1.82) is 0 Å². The van der Waals surface area contributed by atoms with Crippen molar-refractivity contribution in [3.05, 3.63) is 35.4 Å². The van der Waals surface area contributed by atoms with Crippen molar-refractivity contribution in [3.8, 4) is 0 Å². The van der Waals surface area contributed by atoms with E-state index in [1.807, 2.05) is 6.92 Å². The summed E-state index contributed by atoms with van der Waals surface area (Å²) in [5.74, 6) is 0. The van der Waals surface area contributed by atoms with Crippen LogP contribution in [0.1, 0.15) is 37.2 Å². The highest BCUT2D eigenvalue weighted by molar-refractivity contribution is 5.78. The molecule has 0 aliphatic rings. The largest absolute Gasteiger partial charge is 0.369 e. The first kappa shape index (κ1) is 12.5. The SMILES string of the molecule is CCCc1c(CC)c(C)nn1C(=O)n1cccn1. The lowest BCUT2D eigenvalue weighted by Gasteiger charge is -2.06. The van der Waals surface area contributed by atoms with E-state index in [0.717, 1.165) is 30.7 Å². The molecule has 0 fully saturated rings. The van der Waals surface area contributed by atoms with E-state index >= 15 is 0 Å². The van der Waals surface area contributed by atoms with Crippen molar-refractivity contribution < 1.29 is 4.79 Å². The van der Waals surface area contributed by atoms with E-state index < -0.39 is 0 Å². The van der Waals surface area contributed by atoms with Crippen LogP contribution in [0, 0.1) is 6.92 Å². The average molecular weight is 246 g/mol. The lowest BCUT2D eigenvalue weighted by atomic mass is 10.1. The third-order valence-corrected chi connectivity index (χ3v) is 3.01. The Labute approximate surface area is 106 Å². The normalized spacial score (nSPS) is 10.8. The minimum absolute atomic E-state index is 0.216. The van der Waals surface area contributed by atoms with Gasteiger partial charge in [-0.1, -0.05) is 20.3 Å². The molecular formula is C13H18N4O. The highest BCUT2D eigenvalue weighted by Gasteiger charge is 2.19. The number of carbonyl (C=O) groups excluding carboxylic acids is 1. The zero-order valence-electron chi connectivity index (χ0n) is 11.1. The summed E-state index contributed by atoms with van der Waals surface area (Å²) < 4.78 is 2.80. The van der Waals surface area contributed by atoms with Crippen LogP contribution in [0.5, 0.6) is 0 Å². The molecule has 2 aromatic heterocycles. The van der Waals surface area contributed by atoms with Crippen molar-refractivity contribution in [1.82, 2.24) is 19.6 Å². The fraction of sp³-hybridized carbons (Fsp3) is 0.462. The van der Waals surface area contributed by atoms with E-state index in [-0.39, 0.29) is 6.03 Å². The van der Waals surface area contributed by atoms with E-state index in [1.165, 1.54) is 14.9 Å². The molecule has 0 unspecified atom stereocenters. The van der Waals surface area contributed by atoms with Crippen LogP contribution >= 0.6 is 0 Å². The molecule has 18 heavy (non-hydrogen) atoms. The molecule has 0 atom stereocenters. The standard InChI is InChI=1S/C13H18N4O/c1-4-7-12-11(5-2)10(3)15-17(12)13(18)16-9-6-8-14-16/h6,8-9H,4-5,7H2,1-3H3. The molecule has 96 valence electrons. The van der Waals surface area contributed by atoms with Gasteiger partial charge in [-0.05, 0) is 31.4 Å². The maximum absolute atomic E-state index is 12.3. The number of carbonyl (C=O) groups is 1. The van der Waals surface area contributed by atoms with E-state index in [1.54, 1.807) is 18.5 Å². The first-order valence-electron chi connectivity index (χ1n) is 6.30. The fourth-order valence-electron chi connectivity index (χ4n) is 2.20. The Balaban J connectivity index is 2.47. The van der Waals surface area contributed by atoms with Crippen molar-refractivity contribution in [2.45, 2.75) is 40.0 Å². The quantitative estimate of drug-likeness (QED) is 0.835. The Kier molecular flexibility index (Phi) is 3.60. The Bertz CT molecular complexity index is 540. The predicted molar refractivity (Wildman–Crippen MR) is 68.8 cm³/mol. The van der Waals surface area contributed by atoms with Gasteiger partial charge >= 0.3 is 6.03 Å². The monoisotopic (exact) mass is 246 g/mol. The zero-order chi connectivity index (χ0) is 13.1. The van der Waals surface area contributed by atoms with Crippen LogP contribution in [0.2, 0.25) is 0 Å². The third-order valence-electron chi connectivity index (χ3n) is 3.01. The fourth-order valence-corrected chi connectivity index (χ4v) is 2.20. The molecule has 2 aromatic rings. The molecule has 0 saturated heterocycles. The van der Waals surface area contributed by atoms with Crippen molar-refractivity contribution in [2.75, 3.05) is 0 Å². The summed E-state index contributed by atoms with van der Waals surface area (Å²) in [5.41, 5.74) is 3.12. The maximum Gasteiger partial charge on any atom is 0.369 e. The van der Waals surface area contributed by atoms with Crippen LogP contribution in [0.15, 0.2) is 18.5 Å². The van der Waals surface area contributed by atoms with Crippen molar-refractivity contribution >= 4 is 6.03 Å². The van der Waals surface area contributed by atoms with Gasteiger partial charge in [0.05, 0.1) is 11.4 Å². The van der Waals surface area contributed by atoms with E-state index in [9.17, 15) is 4.79 Å². The molecule has 0 saturated carbocycles. The van der Waals surface area contributed by atoms with Crippen molar-refractivity contribution in [3.63, 3.8) is 0 Å². The molecule has 2 rings (SSSR count). The van der Waals surface area contributed by atoms with E-state index in [0.29, 0.717) is 0 Å². The summed E-state index contributed by atoms with van der Waals surface area (Å²) in [6.45, 7) is 6.14. The molecule has 0 spiro atoms. The van der Waals surface area contributed by atoms with Crippen LogP contribution in [-0.2, 0) is 12.8 Å². The minimum atomic E-state index is -0.216. The lowest BCUT2D eigenvalue weighted by molar-refractivity contribution is 0.237. The van der Waals surface area contributed by atoms with Crippen molar-refractivity contribution in [2.24, 2.45) is 0 Å². The highest BCUT2D eigenvalue weighted by atomic mass is 16.2. The molecule has 0 aliphatic carbocycles. The zero-order valence-corrected chi connectivity index (χ0v) is 11.1. The molecule has 2 heterocycles. The highest BCUT2D eigenvalue weighted by Crippen LogP contribution is 2.17. The second-order valence-electron chi connectivity index (χ2n) is 4.26. The third kappa shape index (κ3) is 2.08. The van der Waals surface area contributed by atoms with Gasteiger partial charge in [0.2, 0.25) is 0 Å². The van der Waals surface area contributed by atoms with Gasteiger partial charge in [-0.25, -0.2) is 4.79 Å². The minimum Gasteiger partial charge on any atom is -0.244 e. The number of rotatable bonds is 3. The van der Waals surface area contributed by atoms with Crippen LogP contribution in [0.3, 0.4) is 0 Å². The lowest BCUT2D eigenvalue weighted by Crippen LogP contribution is -2.23. The summed E-state index contributed by atoms with van der Waals surface area (Å²) in [6, 6.07) is 1.51. The van der Waals surface area contributed by atoms with Gasteiger partial charge in [-0.15, -0.1) is 0 Å². The van der Waals surface area contributed by atoms with Gasteiger partial charge in [-0.2, -0.15) is 19.6 Å². The number of aromatic nitrogens is 4. The van der Waals surface area contributed by atoms with Crippen LogP contribution in [-0.4, -0.2) is 25.6 Å². The predicted octanol–water partition coefficient (Wildman–Crippen LogP) is 2.42. The number of aryl methyl sites for hydroxylation is 1. The number of hydrogen-bond donors (Lipinski definition) is 0. The van der Waals surface area contributed by atoms with Gasteiger partial charge < -0.3 is 0 Å². The summed E-state index contributed by atoms with van der Waals surface area (Å²) in [6.07, 6.45) is 5.98. The number of hydrogen-bond acceptors (Lipinski definition) is 3. The summed E-state index contributed by atoms with van der Waals surface area (Å²) in [5, 5.41) is 8.33. The van der Waals surface area contributed by atoms with Gasteiger partial charge in [0, 0.05) is 12.4 Å². The summed E-state index contributed by atoms with van der Waals surface area (Å²) in [4.78, 5) is 12.3. The smallest absolute Gasteiger partial charge is 0.244 e. The second-order valence-corrected chi connectivity index (χ2v) is 4.26. The van der Waals surface area contributed by atoms with Gasteiger partial charge in [0.1, 0.15) is 0 Å². The molecule has 0 bridgehead atoms. The Hall–Kier alpha value is -1.91. The molecule has 5 heteroatoms. The van der Waals surface area contributed by atoms with Crippen LogP contribution < -0.4 is 0 Å². The number of nitrogens with zero attached hydrogens (tertiary/aromatic N) is 4. The molecule has 0 radical (unpaired) electrons. The van der Waals surface area contributed by atoms with E-state index in [4.69, 9.17) is 0 Å². The van der Waals surface area contributed by atoms with Gasteiger partial charge in [0.15, 0.2) is 0 Å². The van der Waals surface area contributed by atoms with Gasteiger partial charge in [0.25, 0.3) is 0 Å². The molecule has 5 nitrogen and oxygen atoms in total. The van der Waals surface area contributed by atoms with E-state index in [2.05, 4.69) is 24.0 Å².